The van der Waals surface area contributed by atoms with Crippen molar-refractivity contribution in [2.75, 3.05) is 0 Å². The molecule has 0 aliphatic carbocycles. The zero-order valence-electron chi connectivity index (χ0n) is 10.4. The van der Waals surface area contributed by atoms with Crippen LogP contribution in [0.5, 0.6) is 5.75 Å². The Kier molecular flexibility index (Phi) is 4.75. The van der Waals surface area contributed by atoms with Crippen molar-refractivity contribution in [2.45, 2.75) is 18.0 Å². The van der Waals surface area contributed by atoms with Gasteiger partial charge in [-0.2, -0.15) is 39.5 Å². The van der Waals surface area contributed by atoms with E-state index in [0.717, 1.165) is 0 Å². The molecule has 0 atom stereocenters. The maximum Gasteiger partial charge on any atom is 0.448 e. The van der Waals surface area contributed by atoms with Gasteiger partial charge in [-0.15, -0.1) is 0 Å². The summed E-state index contributed by atoms with van der Waals surface area (Å²) in [5, 5.41) is 0. The van der Waals surface area contributed by atoms with Gasteiger partial charge in [0.15, 0.2) is 5.75 Å². The van der Waals surface area contributed by atoms with Crippen molar-refractivity contribution in [1.82, 2.24) is 0 Å². The van der Waals surface area contributed by atoms with E-state index in [4.69, 9.17) is 0 Å². The van der Waals surface area contributed by atoms with E-state index < -0.39 is 58.8 Å². The van der Waals surface area contributed by atoms with Crippen LogP contribution in [0.4, 0.5) is 52.7 Å². The van der Waals surface area contributed by atoms with Gasteiger partial charge in [0.1, 0.15) is 0 Å². The zero-order chi connectivity index (χ0) is 19.2. The second-order valence-corrected chi connectivity index (χ2v) is 3.95. The number of halogens is 12. The summed E-state index contributed by atoms with van der Waals surface area (Å²) in [6.07, 6.45) is -14.0. The molecule has 14 heteroatoms. The van der Waals surface area contributed by atoms with Crippen LogP contribution in [-0.4, -0.2) is 24.0 Å². The van der Waals surface area contributed by atoms with Gasteiger partial charge in [0.25, 0.3) is 0 Å². The minimum atomic E-state index is -7.00. The van der Waals surface area contributed by atoms with Crippen molar-refractivity contribution in [3.63, 3.8) is 0 Å². The highest BCUT2D eigenvalue weighted by molar-refractivity contribution is 5.81. The first-order valence-electron chi connectivity index (χ1n) is 5.13. The van der Waals surface area contributed by atoms with Gasteiger partial charge in [-0.3, -0.25) is 4.79 Å². The summed E-state index contributed by atoms with van der Waals surface area (Å²) in [5.41, 5.74) is -6.50. The molecule has 24 heavy (non-hydrogen) atoms. The van der Waals surface area contributed by atoms with Gasteiger partial charge >= 0.3 is 24.0 Å². The first-order valence-corrected chi connectivity index (χ1v) is 5.13. The number of alkyl halides is 6. The summed E-state index contributed by atoms with van der Waals surface area (Å²) in [5.74, 6) is -18.6. The molecule has 1 aromatic rings. The third-order valence-corrected chi connectivity index (χ3v) is 2.50. The Hall–Kier alpha value is -2.15. The third kappa shape index (κ3) is 2.73. The molecule has 0 aromatic heterocycles. The Bertz CT molecular complexity index is 631. The molecule has 0 saturated heterocycles. The summed E-state index contributed by atoms with van der Waals surface area (Å²) in [6.45, 7) is 0. The van der Waals surface area contributed by atoms with E-state index in [1.165, 1.54) is 0 Å². The van der Waals surface area contributed by atoms with Gasteiger partial charge in [-0.25, -0.2) is 13.2 Å². The Balaban J connectivity index is 3.79. The van der Waals surface area contributed by atoms with Gasteiger partial charge in [-0.1, -0.05) is 0 Å². The predicted molar refractivity (Wildman–Crippen MR) is 47.8 cm³/mol. The van der Waals surface area contributed by atoms with Gasteiger partial charge in [0.2, 0.25) is 29.1 Å². The fourth-order valence-corrected chi connectivity index (χ4v) is 1.37. The fraction of sp³-hybridized carbons (Fsp3) is 0.300. The van der Waals surface area contributed by atoms with Gasteiger partial charge in [0, 0.05) is 0 Å². The first-order chi connectivity index (χ1) is 10.6. The van der Waals surface area contributed by atoms with Crippen LogP contribution < -0.4 is 4.74 Å². The minimum absolute atomic E-state index is 2.70. The van der Waals surface area contributed by atoms with Crippen LogP contribution in [0, 0.1) is 29.1 Å². The third-order valence-electron chi connectivity index (χ3n) is 2.50. The lowest BCUT2D eigenvalue weighted by molar-refractivity contribution is -0.344. The van der Waals surface area contributed by atoms with Crippen LogP contribution in [0.15, 0.2) is 0 Å². The standard InChI is InChI=1S/C10F12O2/c11-1-2(12)4(14)6(5(15)3(1)13)24-8(7(16)23,9(17,18)19)10(20,21)22. The topological polar surface area (TPSA) is 26.3 Å². The average molecular weight is 380 g/mol. The van der Waals surface area contributed by atoms with E-state index in [0.29, 0.717) is 0 Å². The number of hydrogen-bond acceptors (Lipinski definition) is 2. The highest BCUT2D eigenvalue weighted by Crippen LogP contribution is 2.48. The fourth-order valence-electron chi connectivity index (χ4n) is 1.37. The minimum Gasteiger partial charge on any atom is -0.454 e. The molecule has 136 valence electrons. The molecule has 0 aliphatic heterocycles. The summed E-state index contributed by atoms with van der Waals surface area (Å²) in [4.78, 5) is 10.3. The molecule has 2 nitrogen and oxygen atoms in total. The predicted octanol–water partition coefficient (Wildman–Crippen LogP) is 4.12. The Morgan fingerprint density at radius 1 is 0.667 bits per heavy atom. The molecule has 0 heterocycles. The van der Waals surface area contributed by atoms with Crippen molar-refractivity contribution in [1.29, 1.82) is 0 Å². The van der Waals surface area contributed by atoms with Crippen LogP contribution in [0.25, 0.3) is 0 Å². The average Bonchev–Trinajstić information content (AvgIpc) is 2.40. The van der Waals surface area contributed by atoms with Crippen molar-refractivity contribution in [3.8, 4) is 5.75 Å². The van der Waals surface area contributed by atoms with E-state index >= 15 is 0 Å². The van der Waals surface area contributed by atoms with E-state index in [9.17, 15) is 57.5 Å². The summed E-state index contributed by atoms with van der Waals surface area (Å²) in [7, 11) is 0. The zero-order valence-corrected chi connectivity index (χ0v) is 10.4. The molecule has 0 aliphatic rings. The molecule has 0 radical (unpaired) electrons. The maximum atomic E-state index is 13.2. The van der Waals surface area contributed by atoms with Crippen molar-refractivity contribution in [2.24, 2.45) is 0 Å². The first kappa shape index (κ1) is 19.9. The summed E-state index contributed by atoms with van der Waals surface area (Å²) < 4.78 is 155. The lowest BCUT2D eigenvalue weighted by Gasteiger charge is -2.33. The molecule has 0 N–H and O–H groups in total. The number of carbonyl (C=O) groups is 1. The second kappa shape index (κ2) is 5.73. The van der Waals surface area contributed by atoms with E-state index in [1.54, 1.807) is 0 Å². The maximum absolute atomic E-state index is 13.2. The molecule has 1 rings (SSSR count). The number of carbonyl (C=O) groups excluding carboxylic acids is 1. The normalized spacial score (nSPS) is 13.2. The quantitative estimate of drug-likeness (QED) is 0.341. The number of hydrogen-bond donors (Lipinski definition) is 0. The lowest BCUT2D eigenvalue weighted by atomic mass is 10.0. The second-order valence-electron chi connectivity index (χ2n) is 3.95. The Morgan fingerprint density at radius 2 is 0.958 bits per heavy atom. The monoisotopic (exact) mass is 380 g/mol. The number of rotatable bonds is 3. The molecular weight excluding hydrogens is 380 g/mol. The molecule has 0 bridgehead atoms. The van der Waals surface area contributed by atoms with E-state index in [1.807, 2.05) is 0 Å². The molecular formula is C10F12O2. The van der Waals surface area contributed by atoms with Crippen LogP contribution in [0.1, 0.15) is 0 Å². The van der Waals surface area contributed by atoms with Crippen molar-refractivity contribution < 1.29 is 62.2 Å². The summed E-state index contributed by atoms with van der Waals surface area (Å²) in [6, 6.07) is -4.34. The van der Waals surface area contributed by atoms with E-state index in [2.05, 4.69) is 4.74 Å². The number of ether oxygens (including phenoxy) is 1. The number of benzene rings is 1. The molecule has 0 unspecified atom stereocenters. The summed E-state index contributed by atoms with van der Waals surface area (Å²) >= 11 is 0. The highest BCUT2D eigenvalue weighted by atomic mass is 19.4. The molecule has 0 fully saturated rings. The van der Waals surface area contributed by atoms with Crippen LogP contribution in [0.2, 0.25) is 0 Å². The largest absolute Gasteiger partial charge is 0.454 e. The molecule has 1 aromatic carbocycles. The van der Waals surface area contributed by atoms with Crippen LogP contribution in [-0.2, 0) is 4.79 Å². The van der Waals surface area contributed by atoms with Crippen LogP contribution in [0.3, 0.4) is 0 Å². The van der Waals surface area contributed by atoms with Gasteiger partial charge in [-0.05, 0) is 0 Å². The van der Waals surface area contributed by atoms with Crippen LogP contribution >= 0.6 is 0 Å². The highest BCUT2D eigenvalue weighted by Gasteiger charge is 2.80. The molecule has 0 amide bonds. The SMILES string of the molecule is O=C(F)C(Oc1c(F)c(F)c(F)c(F)c1F)(C(F)(F)F)C(F)(F)F. The van der Waals surface area contributed by atoms with Crippen molar-refractivity contribution in [3.05, 3.63) is 29.1 Å². The Labute approximate surface area is 122 Å². The van der Waals surface area contributed by atoms with E-state index in [-0.39, 0.29) is 0 Å². The van der Waals surface area contributed by atoms with Gasteiger partial charge in [0.05, 0.1) is 0 Å². The molecule has 0 saturated carbocycles. The van der Waals surface area contributed by atoms with Crippen molar-refractivity contribution >= 4 is 6.04 Å². The molecule has 0 spiro atoms. The lowest BCUT2D eigenvalue weighted by Crippen LogP contribution is -2.65. The smallest absolute Gasteiger partial charge is 0.448 e. The van der Waals surface area contributed by atoms with Gasteiger partial charge < -0.3 is 4.74 Å². The Morgan fingerprint density at radius 3 is 1.21 bits per heavy atom.